The van der Waals surface area contributed by atoms with E-state index < -0.39 is 17.7 Å². The van der Waals surface area contributed by atoms with Crippen LogP contribution in [0, 0.1) is 0 Å². The van der Waals surface area contributed by atoms with E-state index in [1.165, 1.54) is 16.2 Å². The van der Waals surface area contributed by atoms with Gasteiger partial charge in [-0.2, -0.15) is 0 Å². The van der Waals surface area contributed by atoms with E-state index >= 15 is 0 Å². The molecule has 0 saturated heterocycles. The fourth-order valence-electron chi connectivity index (χ4n) is 3.73. The highest BCUT2D eigenvalue weighted by molar-refractivity contribution is 7.22. The molecule has 0 atom stereocenters. The van der Waals surface area contributed by atoms with Crippen LogP contribution in [0.2, 0.25) is 0 Å². The number of nitrogens with zero attached hydrogens (tertiary/aromatic N) is 3. The lowest BCUT2D eigenvalue weighted by molar-refractivity contribution is 0.0234. The van der Waals surface area contributed by atoms with E-state index in [0.717, 1.165) is 12.8 Å². The zero-order valence-electron chi connectivity index (χ0n) is 20.8. The zero-order chi connectivity index (χ0) is 26.0. The van der Waals surface area contributed by atoms with Crippen LogP contribution in [-0.2, 0) is 9.47 Å². The second-order valence-corrected chi connectivity index (χ2v) is 10.6. The van der Waals surface area contributed by atoms with Gasteiger partial charge in [-0.05, 0) is 64.8 Å². The highest BCUT2D eigenvalue weighted by Gasteiger charge is 2.38. The molecule has 36 heavy (non-hydrogen) atoms. The number of esters is 1. The van der Waals surface area contributed by atoms with Crippen LogP contribution < -0.4 is 10.6 Å². The summed E-state index contributed by atoms with van der Waals surface area (Å²) < 4.78 is 11.5. The normalized spacial score (nSPS) is 13.3. The molecule has 4 rings (SSSR count). The number of ether oxygens (including phenoxy) is 2. The molecule has 2 aromatic carbocycles. The summed E-state index contributed by atoms with van der Waals surface area (Å²) in [4.78, 5) is 47.1. The maximum Gasteiger partial charge on any atom is 0.411 e. The van der Waals surface area contributed by atoms with Gasteiger partial charge in [0.05, 0.1) is 22.6 Å². The lowest BCUT2D eigenvalue weighted by Crippen LogP contribution is -2.47. The van der Waals surface area contributed by atoms with E-state index in [4.69, 9.17) is 15.2 Å². The average molecular weight is 511 g/mol. The monoisotopic (exact) mass is 510 g/mol. The largest absolute Gasteiger partial charge is 0.462 e. The third-order valence-electron chi connectivity index (χ3n) is 5.47. The van der Waals surface area contributed by atoms with Gasteiger partial charge in [-0.1, -0.05) is 29.5 Å². The number of nitrogens with two attached hydrogens (primary N) is 1. The highest BCUT2D eigenvalue weighted by atomic mass is 32.1. The van der Waals surface area contributed by atoms with Gasteiger partial charge >= 0.3 is 12.1 Å². The molecule has 2 N–H and O–H groups in total. The molecule has 1 saturated carbocycles. The molecule has 0 radical (unpaired) electrons. The Morgan fingerprint density at radius 3 is 2.42 bits per heavy atom. The van der Waals surface area contributed by atoms with Gasteiger partial charge in [0.2, 0.25) is 0 Å². The van der Waals surface area contributed by atoms with Gasteiger partial charge in [0.1, 0.15) is 17.8 Å². The van der Waals surface area contributed by atoms with E-state index in [1.54, 1.807) is 69.0 Å². The average Bonchev–Trinajstić information content (AvgIpc) is 3.58. The van der Waals surface area contributed by atoms with Crippen molar-refractivity contribution >= 4 is 50.3 Å². The smallest absolute Gasteiger partial charge is 0.411 e. The summed E-state index contributed by atoms with van der Waals surface area (Å²) in [6, 6.07) is 11.9. The molecule has 10 heteroatoms. The standard InChI is InChI=1S/C26H30N4O5S/c1-5-34-23(32)17-13-19(21-20(14-17)36-24(27)28-21)30(22(31)16-9-7-6-8-10-16)15-29(18-11-12-18)25(33)35-26(2,3)4/h6-10,13-14,18H,5,11-12,15H2,1-4H3,(H2,27,28). The fourth-order valence-corrected chi connectivity index (χ4v) is 4.53. The first kappa shape index (κ1) is 25.4. The molecule has 9 nitrogen and oxygen atoms in total. The quantitative estimate of drug-likeness (QED) is 0.349. The number of rotatable bonds is 7. The van der Waals surface area contributed by atoms with Crippen molar-refractivity contribution in [1.29, 1.82) is 0 Å². The number of benzene rings is 2. The number of aromatic nitrogens is 1. The molecule has 1 aromatic heterocycles. The van der Waals surface area contributed by atoms with Gasteiger partial charge in [-0.3, -0.25) is 14.6 Å². The number of hydrogen-bond donors (Lipinski definition) is 1. The summed E-state index contributed by atoms with van der Waals surface area (Å²) in [6.07, 6.45) is 1.12. The first-order chi connectivity index (χ1) is 17.1. The van der Waals surface area contributed by atoms with Crippen LogP contribution in [0.5, 0.6) is 0 Å². The minimum atomic E-state index is -0.695. The Hall–Kier alpha value is -3.66. The Kier molecular flexibility index (Phi) is 7.16. The van der Waals surface area contributed by atoms with Crippen molar-refractivity contribution in [2.24, 2.45) is 0 Å². The van der Waals surface area contributed by atoms with Crippen molar-refractivity contribution in [3.05, 3.63) is 53.6 Å². The third-order valence-corrected chi connectivity index (χ3v) is 6.30. The molecule has 1 fully saturated rings. The number of amides is 2. The summed E-state index contributed by atoms with van der Waals surface area (Å²) in [5.41, 5.74) is 6.85. The molecule has 0 unspecified atom stereocenters. The third kappa shape index (κ3) is 5.76. The zero-order valence-corrected chi connectivity index (χ0v) is 21.6. The highest BCUT2D eigenvalue weighted by Crippen LogP contribution is 2.36. The van der Waals surface area contributed by atoms with Crippen LogP contribution in [0.4, 0.5) is 15.6 Å². The molecular weight excluding hydrogens is 480 g/mol. The molecule has 0 aliphatic heterocycles. The first-order valence-electron chi connectivity index (χ1n) is 11.8. The van der Waals surface area contributed by atoms with Gasteiger partial charge < -0.3 is 15.2 Å². The van der Waals surface area contributed by atoms with E-state index in [2.05, 4.69) is 4.98 Å². The summed E-state index contributed by atoms with van der Waals surface area (Å²) in [5.74, 6) is -0.871. The minimum absolute atomic E-state index is 0.0462. The SMILES string of the molecule is CCOC(=O)c1cc(N(CN(C(=O)OC(C)(C)C)C2CC2)C(=O)c2ccccc2)c2nc(N)sc2c1. The van der Waals surface area contributed by atoms with Crippen molar-refractivity contribution in [3.63, 3.8) is 0 Å². The van der Waals surface area contributed by atoms with Gasteiger partial charge in [0.25, 0.3) is 5.91 Å². The van der Waals surface area contributed by atoms with Crippen molar-refractivity contribution in [2.75, 3.05) is 23.9 Å². The van der Waals surface area contributed by atoms with Crippen LogP contribution in [0.3, 0.4) is 0 Å². The Morgan fingerprint density at radius 1 is 1.11 bits per heavy atom. The first-order valence-corrected chi connectivity index (χ1v) is 12.6. The van der Waals surface area contributed by atoms with Crippen LogP contribution in [0.25, 0.3) is 10.2 Å². The lowest BCUT2D eigenvalue weighted by atomic mass is 10.1. The Morgan fingerprint density at radius 2 is 1.81 bits per heavy atom. The molecule has 1 aliphatic rings. The topological polar surface area (TPSA) is 115 Å². The molecular formula is C26H30N4O5S. The van der Waals surface area contributed by atoms with Crippen molar-refractivity contribution in [3.8, 4) is 0 Å². The Bertz CT molecular complexity index is 1280. The number of hydrogen-bond acceptors (Lipinski definition) is 8. The summed E-state index contributed by atoms with van der Waals surface area (Å²) in [6.45, 7) is 7.25. The van der Waals surface area contributed by atoms with Gasteiger partial charge in [-0.15, -0.1) is 0 Å². The van der Waals surface area contributed by atoms with Gasteiger partial charge in [-0.25, -0.2) is 14.6 Å². The predicted octanol–water partition coefficient (Wildman–Crippen LogP) is 5.06. The van der Waals surface area contributed by atoms with Crippen LogP contribution in [0.15, 0.2) is 42.5 Å². The van der Waals surface area contributed by atoms with Crippen LogP contribution >= 0.6 is 11.3 Å². The molecule has 190 valence electrons. The molecule has 1 heterocycles. The van der Waals surface area contributed by atoms with Gasteiger partial charge in [0, 0.05) is 11.6 Å². The molecule has 0 spiro atoms. The number of nitrogen functional groups attached to an aromatic ring is 1. The molecule has 0 bridgehead atoms. The molecule has 3 aromatic rings. The minimum Gasteiger partial charge on any atom is -0.462 e. The van der Waals surface area contributed by atoms with E-state index in [1.807, 2.05) is 6.07 Å². The number of carbonyl (C=O) groups excluding carboxylic acids is 3. The van der Waals surface area contributed by atoms with Crippen molar-refractivity contribution < 1.29 is 23.9 Å². The fraction of sp³-hybridized carbons (Fsp3) is 0.385. The van der Waals surface area contributed by atoms with E-state index in [0.29, 0.717) is 26.6 Å². The molecule has 1 aliphatic carbocycles. The van der Waals surface area contributed by atoms with E-state index in [-0.39, 0.29) is 30.8 Å². The Balaban J connectivity index is 1.83. The van der Waals surface area contributed by atoms with E-state index in [9.17, 15) is 14.4 Å². The summed E-state index contributed by atoms with van der Waals surface area (Å²) in [7, 11) is 0. The second-order valence-electron chi connectivity index (χ2n) is 9.54. The number of anilines is 2. The maximum absolute atomic E-state index is 13.9. The number of carbonyl (C=O) groups is 3. The van der Waals surface area contributed by atoms with Crippen molar-refractivity contribution in [2.45, 2.75) is 52.2 Å². The Labute approximate surface area is 213 Å². The maximum atomic E-state index is 13.9. The van der Waals surface area contributed by atoms with Crippen LogP contribution in [-0.4, -0.2) is 52.8 Å². The summed E-state index contributed by atoms with van der Waals surface area (Å²) >= 11 is 1.21. The van der Waals surface area contributed by atoms with Crippen LogP contribution in [0.1, 0.15) is 61.3 Å². The second kappa shape index (κ2) is 10.1. The van der Waals surface area contributed by atoms with Gasteiger partial charge in [0.15, 0.2) is 5.13 Å². The number of thiazole rings is 1. The lowest BCUT2D eigenvalue weighted by Gasteiger charge is -2.32. The predicted molar refractivity (Wildman–Crippen MR) is 139 cm³/mol. The number of fused-ring (bicyclic) bond motifs is 1. The van der Waals surface area contributed by atoms with Crippen molar-refractivity contribution in [1.82, 2.24) is 9.88 Å². The molecule has 2 amide bonds. The summed E-state index contributed by atoms with van der Waals surface area (Å²) in [5, 5.41) is 0.297.